The maximum atomic E-state index is 6.13. The van der Waals surface area contributed by atoms with E-state index in [-0.39, 0.29) is 12.1 Å². The molecule has 0 heterocycles. The fraction of sp³-hybridized carbons (Fsp3) is 0.647. The summed E-state index contributed by atoms with van der Waals surface area (Å²) in [7, 11) is 2.01. The second-order valence-corrected chi connectivity index (χ2v) is 5.72. The first-order chi connectivity index (χ1) is 9.31. The van der Waals surface area contributed by atoms with Gasteiger partial charge in [-0.05, 0) is 38.3 Å². The van der Waals surface area contributed by atoms with Crippen molar-refractivity contribution in [2.45, 2.75) is 51.2 Å². The summed E-state index contributed by atoms with van der Waals surface area (Å²) in [5, 5.41) is 3.38. The lowest BCUT2D eigenvalue weighted by atomic mass is 9.90. The fourth-order valence-corrected chi connectivity index (χ4v) is 3.07. The van der Waals surface area contributed by atoms with Gasteiger partial charge in [0.2, 0.25) is 0 Å². The normalized spacial score (nSPS) is 20.1. The zero-order valence-electron chi connectivity index (χ0n) is 12.3. The van der Waals surface area contributed by atoms with Gasteiger partial charge in [0.05, 0.1) is 12.1 Å². The van der Waals surface area contributed by atoms with E-state index in [0.717, 1.165) is 12.5 Å². The molecule has 2 rings (SSSR count). The summed E-state index contributed by atoms with van der Waals surface area (Å²) in [4.78, 5) is 0. The van der Waals surface area contributed by atoms with Gasteiger partial charge in [0.25, 0.3) is 0 Å². The monoisotopic (exact) mass is 261 g/mol. The van der Waals surface area contributed by atoms with E-state index in [9.17, 15) is 0 Å². The standard InChI is InChI=1S/C17H27NO/c1-14(19-13-15-9-5-3-6-10-15)17(18-2)16-11-7-4-8-12-16/h4,7-8,11-12,14-15,17-18H,3,5-6,9-10,13H2,1-2H3. The fourth-order valence-electron chi connectivity index (χ4n) is 3.07. The molecule has 0 saturated heterocycles. The number of hydrogen-bond donors (Lipinski definition) is 1. The van der Waals surface area contributed by atoms with Gasteiger partial charge in [-0.15, -0.1) is 0 Å². The Balaban J connectivity index is 1.84. The molecule has 0 radical (unpaired) electrons. The molecule has 1 aliphatic rings. The van der Waals surface area contributed by atoms with Crippen LogP contribution in [0, 0.1) is 5.92 Å². The lowest BCUT2D eigenvalue weighted by Gasteiger charge is -2.28. The van der Waals surface area contributed by atoms with Crippen LogP contribution in [0.25, 0.3) is 0 Å². The molecule has 0 aliphatic heterocycles. The highest BCUT2D eigenvalue weighted by molar-refractivity contribution is 5.19. The lowest BCUT2D eigenvalue weighted by Crippen LogP contribution is -2.31. The molecular formula is C17H27NO. The van der Waals surface area contributed by atoms with E-state index >= 15 is 0 Å². The molecule has 2 nitrogen and oxygen atoms in total. The van der Waals surface area contributed by atoms with Crippen molar-refractivity contribution in [3.05, 3.63) is 35.9 Å². The molecule has 0 bridgehead atoms. The Morgan fingerprint density at radius 3 is 2.47 bits per heavy atom. The average Bonchev–Trinajstić information content (AvgIpc) is 2.48. The zero-order chi connectivity index (χ0) is 13.5. The second-order valence-electron chi connectivity index (χ2n) is 5.72. The quantitative estimate of drug-likeness (QED) is 0.837. The van der Waals surface area contributed by atoms with E-state index in [1.54, 1.807) is 0 Å². The number of likely N-dealkylation sites (N-methyl/N-ethyl adjacent to an activating group) is 1. The van der Waals surface area contributed by atoms with Crippen molar-refractivity contribution in [2.24, 2.45) is 5.92 Å². The van der Waals surface area contributed by atoms with Gasteiger partial charge in [-0.2, -0.15) is 0 Å². The van der Waals surface area contributed by atoms with E-state index < -0.39 is 0 Å². The van der Waals surface area contributed by atoms with Crippen LogP contribution in [0.15, 0.2) is 30.3 Å². The summed E-state index contributed by atoms with van der Waals surface area (Å²) in [6.07, 6.45) is 7.10. The largest absolute Gasteiger partial charge is 0.376 e. The molecule has 0 aromatic heterocycles. The molecule has 1 aromatic rings. The van der Waals surface area contributed by atoms with Crippen molar-refractivity contribution in [3.8, 4) is 0 Å². The summed E-state index contributed by atoms with van der Waals surface area (Å²) >= 11 is 0. The number of nitrogens with one attached hydrogen (secondary N) is 1. The predicted octanol–water partition coefficient (Wildman–Crippen LogP) is 3.93. The molecule has 19 heavy (non-hydrogen) atoms. The molecule has 2 atom stereocenters. The highest BCUT2D eigenvalue weighted by Gasteiger charge is 2.20. The van der Waals surface area contributed by atoms with Gasteiger partial charge in [0.1, 0.15) is 0 Å². The van der Waals surface area contributed by atoms with Crippen molar-refractivity contribution in [3.63, 3.8) is 0 Å². The van der Waals surface area contributed by atoms with Gasteiger partial charge in [0.15, 0.2) is 0 Å². The zero-order valence-corrected chi connectivity index (χ0v) is 12.3. The minimum absolute atomic E-state index is 0.217. The van der Waals surface area contributed by atoms with Crippen molar-refractivity contribution >= 4 is 0 Å². The maximum Gasteiger partial charge on any atom is 0.0741 e. The molecule has 2 unspecified atom stereocenters. The van der Waals surface area contributed by atoms with E-state index in [1.807, 2.05) is 7.05 Å². The van der Waals surface area contributed by atoms with Gasteiger partial charge in [0, 0.05) is 6.61 Å². The van der Waals surface area contributed by atoms with Crippen molar-refractivity contribution in [2.75, 3.05) is 13.7 Å². The third kappa shape index (κ3) is 4.32. The van der Waals surface area contributed by atoms with Crippen LogP contribution in [-0.4, -0.2) is 19.8 Å². The Morgan fingerprint density at radius 2 is 1.84 bits per heavy atom. The first-order valence-corrected chi connectivity index (χ1v) is 7.65. The molecule has 1 aromatic carbocycles. The highest BCUT2D eigenvalue weighted by atomic mass is 16.5. The average molecular weight is 261 g/mol. The number of benzene rings is 1. The summed E-state index contributed by atoms with van der Waals surface area (Å²) in [6, 6.07) is 10.9. The molecular weight excluding hydrogens is 234 g/mol. The summed E-state index contributed by atoms with van der Waals surface area (Å²) in [6.45, 7) is 3.10. The highest BCUT2D eigenvalue weighted by Crippen LogP contribution is 2.25. The van der Waals surface area contributed by atoms with Gasteiger partial charge >= 0.3 is 0 Å². The smallest absolute Gasteiger partial charge is 0.0741 e. The van der Waals surface area contributed by atoms with Crippen LogP contribution < -0.4 is 5.32 Å². The van der Waals surface area contributed by atoms with E-state index in [2.05, 4.69) is 42.6 Å². The van der Waals surface area contributed by atoms with E-state index in [4.69, 9.17) is 4.74 Å². The van der Waals surface area contributed by atoms with E-state index in [1.165, 1.54) is 37.7 Å². The van der Waals surface area contributed by atoms with Crippen LogP contribution in [0.5, 0.6) is 0 Å². The topological polar surface area (TPSA) is 21.3 Å². The SMILES string of the molecule is CNC(c1ccccc1)C(C)OCC1CCCCC1. The first kappa shape index (κ1) is 14.5. The van der Waals surface area contributed by atoms with Crippen LogP contribution in [0.2, 0.25) is 0 Å². The Hall–Kier alpha value is -0.860. The third-order valence-corrected chi connectivity index (χ3v) is 4.26. The molecule has 1 aliphatic carbocycles. The molecule has 106 valence electrons. The predicted molar refractivity (Wildman–Crippen MR) is 80.2 cm³/mol. The number of rotatable bonds is 6. The molecule has 0 spiro atoms. The van der Waals surface area contributed by atoms with Crippen LogP contribution in [-0.2, 0) is 4.74 Å². The maximum absolute atomic E-state index is 6.13. The summed E-state index contributed by atoms with van der Waals surface area (Å²) < 4.78 is 6.13. The third-order valence-electron chi connectivity index (χ3n) is 4.26. The van der Waals surface area contributed by atoms with Gasteiger partial charge in [-0.1, -0.05) is 49.6 Å². The van der Waals surface area contributed by atoms with Crippen LogP contribution in [0.3, 0.4) is 0 Å². The molecule has 2 heteroatoms. The minimum atomic E-state index is 0.217. The second kappa shape index (κ2) is 7.66. The van der Waals surface area contributed by atoms with E-state index in [0.29, 0.717) is 0 Å². The summed E-state index contributed by atoms with van der Waals surface area (Å²) in [5.41, 5.74) is 1.31. The molecule has 1 saturated carbocycles. The van der Waals surface area contributed by atoms with Crippen LogP contribution in [0.4, 0.5) is 0 Å². The Kier molecular flexibility index (Phi) is 5.87. The van der Waals surface area contributed by atoms with Gasteiger partial charge in [-0.25, -0.2) is 0 Å². The van der Waals surface area contributed by atoms with Crippen molar-refractivity contribution in [1.82, 2.24) is 5.32 Å². The molecule has 1 N–H and O–H groups in total. The number of hydrogen-bond acceptors (Lipinski definition) is 2. The molecule has 1 fully saturated rings. The van der Waals surface area contributed by atoms with Crippen LogP contribution >= 0.6 is 0 Å². The van der Waals surface area contributed by atoms with Gasteiger partial charge < -0.3 is 10.1 Å². The Morgan fingerprint density at radius 1 is 1.16 bits per heavy atom. The van der Waals surface area contributed by atoms with Crippen LogP contribution in [0.1, 0.15) is 50.6 Å². The van der Waals surface area contributed by atoms with Crippen molar-refractivity contribution < 1.29 is 4.74 Å². The number of ether oxygens (including phenoxy) is 1. The first-order valence-electron chi connectivity index (χ1n) is 7.65. The minimum Gasteiger partial charge on any atom is -0.376 e. The Labute approximate surface area is 117 Å². The summed E-state index contributed by atoms with van der Waals surface area (Å²) in [5.74, 6) is 0.782. The van der Waals surface area contributed by atoms with Crippen molar-refractivity contribution in [1.29, 1.82) is 0 Å². The molecule has 0 amide bonds. The van der Waals surface area contributed by atoms with Gasteiger partial charge in [-0.3, -0.25) is 0 Å². The lowest BCUT2D eigenvalue weighted by molar-refractivity contribution is 0.0109. The Bertz CT molecular complexity index is 346.